The number of carbonyl (C=O) groups is 1. The third-order valence-corrected chi connectivity index (χ3v) is 6.24. The maximum atomic E-state index is 12.9. The van der Waals surface area contributed by atoms with E-state index in [0.717, 1.165) is 45.8 Å². The fraction of sp³-hybridized carbons (Fsp3) is 0.458. The molecule has 2 heterocycles. The van der Waals surface area contributed by atoms with Crippen LogP contribution in [-0.2, 0) is 4.79 Å². The van der Waals surface area contributed by atoms with Crippen molar-refractivity contribution in [1.82, 2.24) is 20.0 Å². The van der Waals surface area contributed by atoms with Gasteiger partial charge in [-0.2, -0.15) is 0 Å². The molecule has 1 amide bonds. The highest BCUT2D eigenvalue weighted by Crippen LogP contribution is 2.29. The van der Waals surface area contributed by atoms with E-state index in [1.54, 1.807) is 0 Å². The van der Waals surface area contributed by atoms with Crippen molar-refractivity contribution >= 4 is 5.91 Å². The van der Waals surface area contributed by atoms with Crippen LogP contribution in [-0.4, -0.2) is 79.0 Å². The number of benzene rings is 2. The van der Waals surface area contributed by atoms with Gasteiger partial charge < -0.3 is 10.2 Å². The van der Waals surface area contributed by atoms with Gasteiger partial charge in [0.1, 0.15) is 0 Å². The molecule has 2 saturated heterocycles. The number of carbonyl (C=O) groups excluding carboxylic acids is 1. The van der Waals surface area contributed by atoms with E-state index in [1.165, 1.54) is 11.1 Å². The van der Waals surface area contributed by atoms with Crippen LogP contribution in [0.1, 0.15) is 24.1 Å². The molecular weight excluding hydrogens is 360 g/mol. The zero-order valence-corrected chi connectivity index (χ0v) is 17.3. The number of rotatable bonds is 5. The third kappa shape index (κ3) is 4.86. The highest BCUT2D eigenvalue weighted by Gasteiger charge is 2.29. The zero-order chi connectivity index (χ0) is 20.1. The van der Waals surface area contributed by atoms with Gasteiger partial charge >= 0.3 is 0 Å². The standard InChI is InChI=1S/C24H32N4O/c1-20-18-25-12-13-28(20)19-23(29)26-14-16-27(17-15-26)24(21-8-4-2-5-9-21)22-10-6-3-7-11-22/h2-11,20,24-25H,12-19H2,1H3/t20-/m0/s1. The van der Waals surface area contributed by atoms with Crippen LogP contribution in [0.15, 0.2) is 60.7 Å². The first-order valence-corrected chi connectivity index (χ1v) is 10.8. The molecule has 1 atom stereocenters. The average molecular weight is 393 g/mol. The average Bonchev–Trinajstić information content (AvgIpc) is 2.77. The Morgan fingerprint density at radius 1 is 0.931 bits per heavy atom. The van der Waals surface area contributed by atoms with Crippen LogP contribution in [0.4, 0.5) is 0 Å². The molecular formula is C24H32N4O. The number of hydrogen-bond acceptors (Lipinski definition) is 4. The van der Waals surface area contributed by atoms with Crippen molar-refractivity contribution in [3.8, 4) is 0 Å². The highest BCUT2D eigenvalue weighted by atomic mass is 16.2. The van der Waals surface area contributed by atoms with Gasteiger partial charge in [-0.1, -0.05) is 60.7 Å². The Balaban J connectivity index is 1.41. The quantitative estimate of drug-likeness (QED) is 0.847. The first kappa shape index (κ1) is 20.1. The number of amides is 1. The predicted octanol–water partition coefficient (Wildman–Crippen LogP) is 2.21. The minimum Gasteiger partial charge on any atom is -0.339 e. The van der Waals surface area contributed by atoms with Crippen molar-refractivity contribution in [2.75, 3.05) is 52.4 Å². The Morgan fingerprint density at radius 3 is 2.07 bits per heavy atom. The molecule has 29 heavy (non-hydrogen) atoms. The van der Waals surface area contributed by atoms with Crippen molar-refractivity contribution in [3.63, 3.8) is 0 Å². The molecule has 2 aromatic rings. The summed E-state index contributed by atoms with van der Waals surface area (Å²) in [6.07, 6.45) is 0. The van der Waals surface area contributed by atoms with E-state index in [9.17, 15) is 4.79 Å². The number of nitrogens with zero attached hydrogens (tertiary/aromatic N) is 3. The Bertz CT molecular complexity index is 734. The molecule has 0 saturated carbocycles. The predicted molar refractivity (Wildman–Crippen MR) is 117 cm³/mol. The second kappa shape index (κ2) is 9.53. The van der Waals surface area contributed by atoms with Gasteiger partial charge in [0.05, 0.1) is 12.6 Å². The molecule has 5 nitrogen and oxygen atoms in total. The molecule has 4 rings (SSSR count). The fourth-order valence-electron chi connectivity index (χ4n) is 4.51. The summed E-state index contributed by atoms with van der Waals surface area (Å²) in [5.74, 6) is 0.273. The maximum absolute atomic E-state index is 12.9. The maximum Gasteiger partial charge on any atom is 0.236 e. The highest BCUT2D eigenvalue weighted by molar-refractivity contribution is 5.78. The van der Waals surface area contributed by atoms with Gasteiger partial charge in [0.15, 0.2) is 0 Å². The van der Waals surface area contributed by atoms with Gasteiger partial charge in [0.2, 0.25) is 5.91 Å². The fourth-order valence-corrected chi connectivity index (χ4v) is 4.51. The second-order valence-electron chi connectivity index (χ2n) is 8.16. The van der Waals surface area contributed by atoms with Crippen LogP contribution in [0.25, 0.3) is 0 Å². The monoisotopic (exact) mass is 392 g/mol. The van der Waals surface area contributed by atoms with Gasteiger partial charge in [-0.3, -0.25) is 14.6 Å². The van der Waals surface area contributed by atoms with E-state index >= 15 is 0 Å². The molecule has 2 aromatic carbocycles. The molecule has 2 aliphatic rings. The lowest BCUT2D eigenvalue weighted by atomic mass is 9.96. The Labute approximate surface area is 174 Å². The second-order valence-corrected chi connectivity index (χ2v) is 8.16. The van der Waals surface area contributed by atoms with E-state index < -0.39 is 0 Å². The Kier molecular flexibility index (Phi) is 6.60. The largest absolute Gasteiger partial charge is 0.339 e. The summed E-state index contributed by atoms with van der Waals surface area (Å²) in [6.45, 7) is 9.04. The lowest BCUT2D eigenvalue weighted by Crippen LogP contribution is -2.56. The topological polar surface area (TPSA) is 38.8 Å². The van der Waals surface area contributed by atoms with Crippen molar-refractivity contribution in [2.24, 2.45) is 0 Å². The molecule has 0 bridgehead atoms. The first-order chi connectivity index (χ1) is 14.2. The van der Waals surface area contributed by atoms with Gasteiger partial charge in [-0.15, -0.1) is 0 Å². The number of piperazine rings is 2. The minimum atomic E-state index is 0.239. The molecule has 154 valence electrons. The van der Waals surface area contributed by atoms with Crippen molar-refractivity contribution < 1.29 is 4.79 Å². The lowest BCUT2D eigenvalue weighted by molar-refractivity contribution is -0.135. The van der Waals surface area contributed by atoms with Gasteiger partial charge in [0, 0.05) is 51.9 Å². The molecule has 2 aliphatic heterocycles. The van der Waals surface area contributed by atoms with Crippen LogP contribution < -0.4 is 5.32 Å². The van der Waals surface area contributed by atoms with Crippen LogP contribution in [0, 0.1) is 0 Å². The van der Waals surface area contributed by atoms with E-state index in [1.807, 2.05) is 0 Å². The Morgan fingerprint density at radius 2 is 1.52 bits per heavy atom. The summed E-state index contributed by atoms with van der Waals surface area (Å²) in [5.41, 5.74) is 2.63. The molecule has 0 spiro atoms. The van der Waals surface area contributed by atoms with Gasteiger partial charge in [-0.25, -0.2) is 0 Å². The van der Waals surface area contributed by atoms with Crippen LogP contribution in [0.5, 0.6) is 0 Å². The number of hydrogen-bond donors (Lipinski definition) is 1. The molecule has 0 radical (unpaired) electrons. The van der Waals surface area contributed by atoms with Crippen molar-refractivity contribution in [1.29, 1.82) is 0 Å². The number of nitrogens with one attached hydrogen (secondary N) is 1. The summed E-state index contributed by atoms with van der Waals surface area (Å²) in [7, 11) is 0. The Hall–Kier alpha value is -2.21. The first-order valence-electron chi connectivity index (χ1n) is 10.8. The van der Waals surface area contributed by atoms with Crippen molar-refractivity contribution in [2.45, 2.75) is 19.0 Å². The summed E-state index contributed by atoms with van der Waals surface area (Å²) >= 11 is 0. The van der Waals surface area contributed by atoms with Gasteiger partial charge in [-0.05, 0) is 18.1 Å². The van der Waals surface area contributed by atoms with E-state index in [4.69, 9.17) is 0 Å². The van der Waals surface area contributed by atoms with Gasteiger partial charge in [0.25, 0.3) is 0 Å². The molecule has 2 fully saturated rings. The van der Waals surface area contributed by atoms with E-state index in [2.05, 4.69) is 87.6 Å². The summed E-state index contributed by atoms with van der Waals surface area (Å²) in [5, 5.41) is 3.39. The van der Waals surface area contributed by atoms with Crippen LogP contribution in [0.3, 0.4) is 0 Å². The molecule has 0 unspecified atom stereocenters. The lowest BCUT2D eigenvalue weighted by Gasteiger charge is -2.41. The zero-order valence-electron chi connectivity index (χ0n) is 17.3. The summed E-state index contributed by atoms with van der Waals surface area (Å²) in [6, 6.07) is 22.1. The minimum absolute atomic E-state index is 0.239. The van der Waals surface area contributed by atoms with Crippen molar-refractivity contribution in [3.05, 3.63) is 71.8 Å². The normalized spacial score (nSPS) is 21.4. The van der Waals surface area contributed by atoms with E-state index in [0.29, 0.717) is 12.6 Å². The third-order valence-electron chi connectivity index (χ3n) is 6.24. The smallest absolute Gasteiger partial charge is 0.236 e. The molecule has 0 aliphatic carbocycles. The molecule has 5 heteroatoms. The van der Waals surface area contributed by atoms with E-state index in [-0.39, 0.29) is 11.9 Å². The summed E-state index contributed by atoms with van der Waals surface area (Å²) < 4.78 is 0. The van der Waals surface area contributed by atoms with Crippen LogP contribution >= 0.6 is 0 Å². The SMILES string of the molecule is C[C@H]1CNCCN1CC(=O)N1CCN(C(c2ccccc2)c2ccccc2)CC1. The van der Waals surface area contributed by atoms with Crippen LogP contribution in [0.2, 0.25) is 0 Å². The molecule has 0 aromatic heterocycles. The molecule has 1 N–H and O–H groups in total. The summed E-state index contributed by atoms with van der Waals surface area (Å²) in [4.78, 5) is 19.8.